The van der Waals surface area contributed by atoms with E-state index in [-0.39, 0.29) is 5.97 Å². The van der Waals surface area contributed by atoms with Crippen LogP contribution < -0.4 is 4.74 Å². The Morgan fingerprint density at radius 3 is 2.18 bits per heavy atom. The van der Waals surface area contributed by atoms with Crippen LogP contribution in [-0.2, 0) is 16.1 Å². The zero-order chi connectivity index (χ0) is 20.4. The van der Waals surface area contributed by atoms with Gasteiger partial charge in [0.05, 0.1) is 6.61 Å². The van der Waals surface area contributed by atoms with Gasteiger partial charge in [-0.2, -0.15) is 0 Å². The number of carbonyl (C=O) groups excluding carboxylic acids is 1. The molecule has 0 aliphatic heterocycles. The Labute approximate surface area is 170 Å². The summed E-state index contributed by atoms with van der Waals surface area (Å²) >= 11 is 0. The Bertz CT molecular complexity index is 704. The van der Waals surface area contributed by atoms with Gasteiger partial charge < -0.3 is 9.47 Å². The van der Waals surface area contributed by atoms with Crippen molar-refractivity contribution in [2.75, 3.05) is 6.61 Å². The number of esters is 1. The minimum absolute atomic E-state index is 0.286. The predicted octanol–water partition coefficient (Wildman–Crippen LogP) is 6.62. The third kappa shape index (κ3) is 7.12. The number of ether oxygens (including phenoxy) is 2. The van der Waals surface area contributed by atoms with Gasteiger partial charge in [0.25, 0.3) is 0 Å². The van der Waals surface area contributed by atoms with Gasteiger partial charge in [-0.15, -0.1) is 0 Å². The van der Waals surface area contributed by atoms with E-state index in [9.17, 15) is 4.79 Å². The summed E-state index contributed by atoms with van der Waals surface area (Å²) in [6.45, 7) is 9.65. The fourth-order valence-corrected chi connectivity index (χ4v) is 3.45. The third-order valence-corrected chi connectivity index (χ3v) is 5.20. The molecule has 0 aliphatic rings. The van der Waals surface area contributed by atoms with Crippen LogP contribution in [0.1, 0.15) is 81.9 Å². The van der Waals surface area contributed by atoms with Crippen LogP contribution in [0, 0.1) is 0 Å². The van der Waals surface area contributed by atoms with Crippen LogP contribution in [0.3, 0.4) is 0 Å². The maximum Gasteiger partial charge on any atom is 0.308 e. The van der Waals surface area contributed by atoms with E-state index < -0.39 is 0 Å². The van der Waals surface area contributed by atoms with Gasteiger partial charge in [-0.3, -0.25) is 4.79 Å². The van der Waals surface area contributed by atoms with Crippen LogP contribution in [0.4, 0.5) is 0 Å². The van der Waals surface area contributed by atoms with E-state index in [0.29, 0.717) is 24.2 Å². The summed E-state index contributed by atoms with van der Waals surface area (Å²) in [4.78, 5) is 11.1. The zero-order valence-electron chi connectivity index (χ0n) is 17.7. The average Bonchev–Trinajstić information content (AvgIpc) is 2.70. The third-order valence-electron chi connectivity index (χ3n) is 5.20. The molecule has 0 radical (unpaired) electrons. The molecular formula is C25H34O3. The van der Waals surface area contributed by atoms with Crippen molar-refractivity contribution in [2.45, 2.75) is 71.8 Å². The van der Waals surface area contributed by atoms with Gasteiger partial charge in [0, 0.05) is 13.5 Å². The number of rotatable bonds is 11. The van der Waals surface area contributed by atoms with Crippen molar-refractivity contribution in [3.8, 4) is 5.75 Å². The summed E-state index contributed by atoms with van der Waals surface area (Å²) in [7, 11) is 0. The summed E-state index contributed by atoms with van der Waals surface area (Å²) in [5.74, 6) is 1.28. The minimum atomic E-state index is -0.286. The van der Waals surface area contributed by atoms with E-state index >= 15 is 0 Å². The first-order chi connectivity index (χ1) is 13.5. The lowest BCUT2D eigenvalue weighted by Crippen LogP contribution is -2.05. The van der Waals surface area contributed by atoms with Gasteiger partial charge >= 0.3 is 5.97 Å². The fraction of sp³-hybridized carbons (Fsp3) is 0.480. The molecule has 0 aromatic heterocycles. The van der Waals surface area contributed by atoms with Gasteiger partial charge in [-0.1, -0.05) is 63.6 Å². The summed E-state index contributed by atoms with van der Waals surface area (Å²) < 4.78 is 10.8. The Balaban J connectivity index is 1.94. The number of unbranched alkanes of at least 4 members (excludes halogenated alkanes) is 1. The molecule has 0 saturated heterocycles. The minimum Gasteiger partial charge on any atom is -0.427 e. The number of carbonyl (C=O) groups is 1. The molecule has 0 amide bonds. The second kappa shape index (κ2) is 11.7. The lowest BCUT2D eigenvalue weighted by Gasteiger charge is -2.21. The van der Waals surface area contributed by atoms with Gasteiger partial charge in [0.1, 0.15) is 5.75 Å². The van der Waals surface area contributed by atoms with Crippen molar-refractivity contribution in [2.24, 2.45) is 0 Å². The van der Waals surface area contributed by atoms with Gasteiger partial charge in [0.2, 0.25) is 0 Å². The lowest BCUT2D eigenvalue weighted by atomic mass is 9.84. The first kappa shape index (κ1) is 22.2. The Morgan fingerprint density at radius 1 is 0.964 bits per heavy atom. The maximum absolute atomic E-state index is 11.1. The average molecular weight is 383 g/mol. The Hall–Kier alpha value is -2.13. The summed E-state index contributed by atoms with van der Waals surface area (Å²) in [5.41, 5.74) is 3.90. The molecule has 0 N–H and O–H groups in total. The normalized spacial score (nSPS) is 13.1. The molecule has 28 heavy (non-hydrogen) atoms. The monoisotopic (exact) mass is 382 g/mol. The van der Waals surface area contributed by atoms with E-state index in [2.05, 4.69) is 57.2 Å². The van der Waals surface area contributed by atoms with Crippen molar-refractivity contribution in [3.05, 3.63) is 65.2 Å². The largest absolute Gasteiger partial charge is 0.427 e. The van der Waals surface area contributed by atoms with Crippen LogP contribution in [-0.4, -0.2) is 12.6 Å². The zero-order valence-corrected chi connectivity index (χ0v) is 17.7. The lowest BCUT2D eigenvalue weighted by molar-refractivity contribution is -0.131. The second-order valence-corrected chi connectivity index (χ2v) is 7.55. The molecule has 0 saturated carbocycles. The molecule has 0 bridgehead atoms. The van der Waals surface area contributed by atoms with Gasteiger partial charge in [-0.05, 0) is 59.9 Å². The Kier molecular flexibility index (Phi) is 9.22. The van der Waals surface area contributed by atoms with E-state index in [1.807, 2.05) is 12.1 Å². The highest BCUT2D eigenvalue weighted by Crippen LogP contribution is 2.32. The summed E-state index contributed by atoms with van der Waals surface area (Å²) in [6, 6.07) is 16.8. The highest BCUT2D eigenvalue weighted by molar-refractivity contribution is 5.69. The van der Waals surface area contributed by atoms with Crippen molar-refractivity contribution in [1.29, 1.82) is 0 Å². The molecule has 2 aromatic rings. The van der Waals surface area contributed by atoms with E-state index in [0.717, 1.165) is 25.9 Å². The molecule has 152 valence electrons. The van der Waals surface area contributed by atoms with E-state index in [4.69, 9.17) is 9.47 Å². The molecule has 2 atom stereocenters. The first-order valence-electron chi connectivity index (χ1n) is 10.5. The van der Waals surface area contributed by atoms with Crippen molar-refractivity contribution in [3.63, 3.8) is 0 Å². The fourth-order valence-electron chi connectivity index (χ4n) is 3.45. The second-order valence-electron chi connectivity index (χ2n) is 7.55. The van der Waals surface area contributed by atoms with Crippen molar-refractivity contribution < 1.29 is 14.3 Å². The molecule has 3 nitrogen and oxygen atoms in total. The molecule has 2 unspecified atom stereocenters. The first-order valence-corrected chi connectivity index (χ1v) is 10.5. The molecule has 0 spiro atoms. The van der Waals surface area contributed by atoms with Gasteiger partial charge in [0.15, 0.2) is 0 Å². The summed E-state index contributed by atoms with van der Waals surface area (Å²) in [6.07, 6.45) is 4.50. The van der Waals surface area contributed by atoms with E-state index in [1.165, 1.54) is 30.0 Å². The topological polar surface area (TPSA) is 35.5 Å². The SMILES string of the molecule is CCCCOCc1ccc(C(CC)CC(C)c2ccc(OC(C)=O)cc2)cc1. The molecular weight excluding hydrogens is 348 g/mol. The highest BCUT2D eigenvalue weighted by Gasteiger charge is 2.15. The quantitative estimate of drug-likeness (QED) is 0.249. The van der Waals surface area contributed by atoms with Gasteiger partial charge in [-0.25, -0.2) is 0 Å². The molecule has 0 aliphatic carbocycles. The van der Waals surface area contributed by atoms with Crippen LogP contribution in [0.5, 0.6) is 5.75 Å². The van der Waals surface area contributed by atoms with Crippen molar-refractivity contribution in [1.82, 2.24) is 0 Å². The number of hydrogen-bond donors (Lipinski definition) is 0. The van der Waals surface area contributed by atoms with E-state index in [1.54, 1.807) is 0 Å². The predicted molar refractivity (Wildman–Crippen MR) is 115 cm³/mol. The van der Waals surface area contributed by atoms with Crippen LogP contribution in [0.15, 0.2) is 48.5 Å². The molecule has 0 fully saturated rings. The van der Waals surface area contributed by atoms with Crippen LogP contribution in [0.2, 0.25) is 0 Å². The Morgan fingerprint density at radius 2 is 1.61 bits per heavy atom. The molecule has 2 aromatic carbocycles. The smallest absolute Gasteiger partial charge is 0.308 e. The summed E-state index contributed by atoms with van der Waals surface area (Å²) in [5, 5.41) is 0. The van der Waals surface area contributed by atoms with Crippen LogP contribution in [0.25, 0.3) is 0 Å². The molecule has 2 rings (SSSR count). The van der Waals surface area contributed by atoms with Crippen LogP contribution >= 0.6 is 0 Å². The maximum atomic E-state index is 11.1. The highest BCUT2D eigenvalue weighted by atomic mass is 16.5. The molecule has 0 heterocycles. The molecule has 3 heteroatoms. The number of hydrogen-bond acceptors (Lipinski definition) is 3. The number of benzene rings is 2. The standard InChI is InChI=1S/C25H34O3/c1-5-7-16-27-18-21-8-10-24(11-9-21)22(6-2)17-19(3)23-12-14-25(15-13-23)28-20(4)26/h8-15,19,22H,5-7,16-18H2,1-4H3. The van der Waals surface area contributed by atoms with Crippen molar-refractivity contribution >= 4 is 5.97 Å².